The van der Waals surface area contributed by atoms with Crippen LogP contribution in [-0.4, -0.2) is 29.6 Å². The van der Waals surface area contributed by atoms with Gasteiger partial charge in [0.2, 0.25) is 0 Å². The molecule has 1 aliphatic carbocycles. The Kier molecular flexibility index (Phi) is 3.74. The predicted octanol–water partition coefficient (Wildman–Crippen LogP) is 2.18. The maximum Gasteiger partial charge on any atom is 0.303 e. The quantitative estimate of drug-likeness (QED) is 0.769. The van der Waals surface area contributed by atoms with E-state index in [2.05, 4.69) is 0 Å². The SMILES string of the molecule is COc1cc(C=O)c(C(CC(=O)O)C2CC2)cc1O. The van der Waals surface area contributed by atoms with Gasteiger partial charge in [-0.1, -0.05) is 0 Å². The number of benzene rings is 1. The van der Waals surface area contributed by atoms with Crippen molar-refractivity contribution >= 4 is 12.3 Å². The molecule has 0 radical (unpaired) electrons. The van der Waals surface area contributed by atoms with Crippen LogP contribution in [0.15, 0.2) is 12.1 Å². The highest BCUT2D eigenvalue weighted by Gasteiger charge is 2.35. The number of phenols is 1. The molecule has 5 heteroatoms. The molecule has 2 rings (SSSR count). The molecule has 1 aromatic carbocycles. The minimum Gasteiger partial charge on any atom is -0.504 e. The van der Waals surface area contributed by atoms with E-state index in [0.717, 1.165) is 12.8 Å². The van der Waals surface area contributed by atoms with E-state index < -0.39 is 5.97 Å². The number of carbonyl (C=O) groups is 2. The predicted molar refractivity (Wildman–Crippen MR) is 67.8 cm³/mol. The Morgan fingerprint density at radius 3 is 2.68 bits per heavy atom. The summed E-state index contributed by atoms with van der Waals surface area (Å²) in [6.45, 7) is 0. The normalized spacial score (nSPS) is 15.8. The molecular weight excluding hydrogens is 248 g/mol. The number of carbonyl (C=O) groups excluding carboxylic acids is 1. The molecule has 1 aromatic rings. The van der Waals surface area contributed by atoms with Crippen LogP contribution < -0.4 is 4.74 Å². The van der Waals surface area contributed by atoms with E-state index in [-0.39, 0.29) is 29.8 Å². The second-order valence-electron chi connectivity index (χ2n) is 4.81. The van der Waals surface area contributed by atoms with Gasteiger partial charge in [-0.3, -0.25) is 9.59 Å². The highest BCUT2D eigenvalue weighted by atomic mass is 16.5. The van der Waals surface area contributed by atoms with E-state index >= 15 is 0 Å². The molecule has 1 saturated carbocycles. The molecule has 1 atom stereocenters. The maximum absolute atomic E-state index is 11.2. The summed E-state index contributed by atoms with van der Waals surface area (Å²) in [6, 6.07) is 2.91. The molecule has 0 aromatic heterocycles. The third-order valence-corrected chi connectivity index (χ3v) is 3.50. The van der Waals surface area contributed by atoms with Crippen LogP contribution in [0.1, 0.15) is 41.1 Å². The lowest BCUT2D eigenvalue weighted by Crippen LogP contribution is -2.10. The molecule has 0 bridgehead atoms. The van der Waals surface area contributed by atoms with Crippen molar-refractivity contribution in [2.45, 2.75) is 25.2 Å². The summed E-state index contributed by atoms with van der Waals surface area (Å²) in [7, 11) is 1.40. The summed E-state index contributed by atoms with van der Waals surface area (Å²) < 4.78 is 4.95. The van der Waals surface area contributed by atoms with E-state index in [4.69, 9.17) is 9.84 Å². The Morgan fingerprint density at radius 1 is 1.53 bits per heavy atom. The minimum atomic E-state index is -0.899. The monoisotopic (exact) mass is 264 g/mol. The van der Waals surface area contributed by atoms with Crippen LogP contribution in [0.3, 0.4) is 0 Å². The van der Waals surface area contributed by atoms with Crippen molar-refractivity contribution in [1.82, 2.24) is 0 Å². The Morgan fingerprint density at radius 2 is 2.21 bits per heavy atom. The van der Waals surface area contributed by atoms with Gasteiger partial charge in [0.1, 0.15) is 6.29 Å². The van der Waals surface area contributed by atoms with E-state index in [1.165, 1.54) is 19.2 Å². The van der Waals surface area contributed by atoms with Crippen molar-refractivity contribution in [3.05, 3.63) is 23.3 Å². The fraction of sp³-hybridized carbons (Fsp3) is 0.429. The van der Waals surface area contributed by atoms with Crippen molar-refractivity contribution < 1.29 is 24.5 Å². The molecule has 1 fully saturated rings. The maximum atomic E-state index is 11.2. The lowest BCUT2D eigenvalue weighted by Gasteiger charge is -2.18. The van der Waals surface area contributed by atoms with Gasteiger partial charge in [-0.15, -0.1) is 0 Å². The summed E-state index contributed by atoms with van der Waals surface area (Å²) in [5.41, 5.74) is 0.978. The Hall–Kier alpha value is -2.04. The van der Waals surface area contributed by atoms with Crippen molar-refractivity contribution in [3.63, 3.8) is 0 Å². The number of phenolic OH excluding ortho intramolecular Hbond substituents is 1. The Bertz CT molecular complexity index is 505. The fourth-order valence-corrected chi connectivity index (χ4v) is 2.40. The number of aldehydes is 1. The van der Waals surface area contributed by atoms with Gasteiger partial charge in [0.25, 0.3) is 0 Å². The lowest BCUT2D eigenvalue weighted by atomic mass is 9.87. The molecule has 1 aliphatic rings. The summed E-state index contributed by atoms with van der Waals surface area (Å²) in [5.74, 6) is -0.698. The number of carboxylic acids is 1. The summed E-state index contributed by atoms with van der Waals surface area (Å²) in [5, 5.41) is 18.8. The number of methoxy groups -OCH3 is 1. The van der Waals surface area contributed by atoms with Gasteiger partial charge < -0.3 is 14.9 Å². The molecule has 5 nitrogen and oxygen atoms in total. The first-order valence-electron chi connectivity index (χ1n) is 6.14. The first-order valence-corrected chi connectivity index (χ1v) is 6.14. The van der Waals surface area contributed by atoms with Crippen LogP contribution in [-0.2, 0) is 4.79 Å². The number of aromatic hydroxyl groups is 1. The van der Waals surface area contributed by atoms with Crippen molar-refractivity contribution in [2.24, 2.45) is 5.92 Å². The van der Waals surface area contributed by atoms with Gasteiger partial charge in [0.15, 0.2) is 11.5 Å². The zero-order chi connectivity index (χ0) is 14.0. The molecular formula is C14H16O5. The van der Waals surface area contributed by atoms with E-state index in [1.807, 2.05) is 0 Å². The van der Waals surface area contributed by atoms with E-state index in [9.17, 15) is 14.7 Å². The first kappa shape index (κ1) is 13.4. The average Bonchev–Trinajstić information content (AvgIpc) is 3.19. The smallest absolute Gasteiger partial charge is 0.303 e. The van der Waals surface area contributed by atoms with E-state index in [0.29, 0.717) is 17.4 Å². The number of carboxylic acid groups (broad SMARTS) is 1. The second-order valence-corrected chi connectivity index (χ2v) is 4.81. The van der Waals surface area contributed by atoms with Crippen molar-refractivity contribution in [3.8, 4) is 11.5 Å². The van der Waals surface area contributed by atoms with Gasteiger partial charge in [0.05, 0.1) is 13.5 Å². The lowest BCUT2D eigenvalue weighted by molar-refractivity contribution is -0.137. The van der Waals surface area contributed by atoms with Gasteiger partial charge >= 0.3 is 5.97 Å². The first-order chi connectivity index (χ1) is 9.06. The van der Waals surface area contributed by atoms with Crippen LogP contribution in [0.25, 0.3) is 0 Å². The summed E-state index contributed by atoms with van der Waals surface area (Å²) >= 11 is 0. The molecule has 1 unspecified atom stereocenters. The van der Waals surface area contributed by atoms with E-state index in [1.54, 1.807) is 0 Å². The molecule has 0 heterocycles. The zero-order valence-corrected chi connectivity index (χ0v) is 10.6. The summed E-state index contributed by atoms with van der Waals surface area (Å²) in [4.78, 5) is 22.1. The minimum absolute atomic E-state index is 0.0305. The van der Waals surface area contributed by atoms with Gasteiger partial charge in [-0.2, -0.15) is 0 Å². The molecule has 2 N–H and O–H groups in total. The average molecular weight is 264 g/mol. The highest BCUT2D eigenvalue weighted by molar-refractivity contribution is 5.80. The molecule has 0 amide bonds. The van der Waals surface area contributed by atoms with Crippen LogP contribution in [0, 0.1) is 5.92 Å². The molecule has 0 aliphatic heterocycles. The van der Waals surface area contributed by atoms with Crippen LogP contribution >= 0.6 is 0 Å². The van der Waals surface area contributed by atoms with Crippen LogP contribution in [0.2, 0.25) is 0 Å². The van der Waals surface area contributed by atoms with Gasteiger partial charge in [0, 0.05) is 5.56 Å². The summed E-state index contributed by atoms with van der Waals surface area (Å²) in [6.07, 6.45) is 2.57. The number of hydrogen-bond acceptors (Lipinski definition) is 4. The van der Waals surface area contributed by atoms with Gasteiger partial charge in [-0.25, -0.2) is 0 Å². The number of aliphatic carboxylic acids is 1. The van der Waals surface area contributed by atoms with Gasteiger partial charge in [-0.05, 0) is 42.4 Å². The number of hydrogen-bond donors (Lipinski definition) is 2. The van der Waals surface area contributed by atoms with Crippen LogP contribution in [0.4, 0.5) is 0 Å². The van der Waals surface area contributed by atoms with Crippen molar-refractivity contribution in [1.29, 1.82) is 0 Å². The Balaban J connectivity index is 2.43. The fourth-order valence-electron chi connectivity index (χ4n) is 2.40. The number of ether oxygens (including phenoxy) is 1. The number of rotatable bonds is 6. The zero-order valence-electron chi connectivity index (χ0n) is 10.6. The second kappa shape index (κ2) is 5.30. The molecule has 102 valence electrons. The molecule has 0 saturated heterocycles. The standard InChI is InChI=1S/C14H16O5/c1-19-13-4-9(7-15)10(5-12(13)16)11(6-14(17)18)8-2-3-8/h4-5,7-8,11,16H,2-3,6H2,1H3,(H,17,18). The topological polar surface area (TPSA) is 83.8 Å². The largest absolute Gasteiger partial charge is 0.504 e. The van der Waals surface area contributed by atoms with Crippen LogP contribution in [0.5, 0.6) is 11.5 Å². The van der Waals surface area contributed by atoms with Crippen molar-refractivity contribution in [2.75, 3.05) is 7.11 Å². The third-order valence-electron chi connectivity index (χ3n) is 3.50. The molecule has 19 heavy (non-hydrogen) atoms. The highest BCUT2D eigenvalue weighted by Crippen LogP contribution is 2.46. The third kappa shape index (κ3) is 2.86. The molecule has 0 spiro atoms. The Labute approximate surface area is 110 Å².